The minimum absolute atomic E-state index is 0.197. The predicted octanol–water partition coefficient (Wildman–Crippen LogP) is 2.58. The van der Waals surface area contributed by atoms with Crippen LogP contribution >= 0.6 is 0 Å². The number of H-pyrrole nitrogens is 1. The molecule has 0 unspecified atom stereocenters. The van der Waals surface area contributed by atoms with Gasteiger partial charge in [-0.05, 0) is 24.3 Å². The Labute approximate surface area is 114 Å². The van der Waals surface area contributed by atoms with Gasteiger partial charge in [0.1, 0.15) is 5.65 Å². The summed E-state index contributed by atoms with van der Waals surface area (Å²) < 4.78 is 0. The van der Waals surface area contributed by atoms with Gasteiger partial charge in [-0.3, -0.25) is 4.98 Å². The Morgan fingerprint density at radius 2 is 2.10 bits per heavy atom. The van der Waals surface area contributed by atoms with Crippen LogP contribution in [0.4, 0.5) is 0 Å². The number of nitrogens with one attached hydrogen (secondary N) is 1. The lowest BCUT2D eigenvalue weighted by molar-refractivity contribution is -0.130. The van der Waals surface area contributed by atoms with E-state index in [1.165, 1.54) is 6.20 Å². The van der Waals surface area contributed by atoms with E-state index in [2.05, 4.69) is 15.0 Å². The first-order valence-corrected chi connectivity index (χ1v) is 6.03. The second-order valence-corrected chi connectivity index (χ2v) is 4.25. The number of carboxylic acid groups (broad SMARTS) is 1. The molecule has 3 heterocycles. The third-order valence-electron chi connectivity index (χ3n) is 2.99. The number of hydrogen-bond acceptors (Lipinski definition) is 3. The number of nitrogens with zero attached hydrogens (tertiary/aromatic N) is 2. The maximum absolute atomic E-state index is 11.4. The third kappa shape index (κ3) is 2.16. The normalized spacial score (nSPS) is 11.7. The van der Waals surface area contributed by atoms with E-state index in [0.717, 1.165) is 16.6 Å². The molecule has 0 radical (unpaired) electrons. The van der Waals surface area contributed by atoms with E-state index in [-0.39, 0.29) is 5.57 Å². The van der Waals surface area contributed by atoms with Crippen LogP contribution in [0.15, 0.2) is 49.1 Å². The highest BCUT2D eigenvalue weighted by atomic mass is 16.4. The molecule has 0 aromatic carbocycles. The van der Waals surface area contributed by atoms with Gasteiger partial charge in [-0.1, -0.05) is 6.07 Å². The smallest absolute Gasteiger partial charge is 0.336 e. The van der Waals surface area contributed by atoms with Crippen LogP contribution in [0, 0.1) is 0 Å². The zero-order chi connectivity index (χ0) is 13.9. The number of aromatic nitrogens is 3. The van der Waals surface area contributed by atoms with Gasteiger partial charge in [0.15, 0.2) is 0 Å². The van der Waals surface area contributed by atoms with Crippen LogP contribution in [0.5, 0.6) is 0 Å². The highest BCUT2D eigenvalue weighted by Gasteiger charge is 2.12. The predicted molar refractivity (Wildman–Crippen MR) is 75.8 cm³/mol. The maximum Gasteiger partial charge on any atom is 0.336 e. The van der Waals surface area contributed by atoms with Crippen molar-refractivity contribution >= 4 is 28.7 Å². The third-order valence-corrected chi connectivity index (χ3v) is 2.99. The molecular weight excluding hydrogens is 254 g/mol. The molecule has 0 bridgehead atoms. The molecule has 0 amide bonds. The molecule has 5 nitrogen and oxygen atoms in total. The molecule has 0 spiro atoms. The molecule has 0 atom stereocenters. The van der Waals surface area contributed by atoms with Gasteiger partial charge in [0.2, 0.25) is 0 Å². The molecule has 0 fully saturated rings. The maximum atomic E-state index is 11.4. The molecular formula is C15H11N3O2. The van der Waals surface area contributed by atoms with Crippen molar-refractivity contribution in [3.8, 4) is 0 Å². The molecule has 0 saturated heterocycles. The van der Waals surface area contributed by atoms with Gasteiger partial charge >= 0.3 is 5.97 Å². The van der Waals surface area contributed by atoms with Gasteiger partial charge in [0.25, 0.3) is 0 Å². The van der Waals surface area contributed by atoms with Crippen molar-refractivity contribution in [1.82, 2.24) is 15.0 Å². The van der Waals surface area contributed by atoms with E-state index in [4.69, 9.17) is 0 Å². The van der Waals surface area contributed by atoms with Crippen molar-refractivity contribution in [3.63, 3.8) is 0 Å². The van der Waals surface area contributed by atoms with E-state index in [1.807, 2.05) is 12.1 Å². The number of carboxylic acids is 1. The van der Waals surface area contributed by atoms with Gasteiger partial charge in [-0.25, -0.2) is 9.78 Å². The van der Waals surface area contributed by atoms with Gasteiger partial charge in [0, 0.05) is 41.3 Å². The number of pyridine rings is 2. The average molecular weight is 265 g/mol. The van der Waals surface area contributed by atoms with E-state index >= 15 is 0 Å². The van der Waals surface area contributed by atoms with Gasteiger partial charge < -0.3 is 10.1 Å². The van der Waals surface area contributed by atoms with Crippen LogP contribution in [0.25, 0.3) is 22.7 Å². The first kappa shape index (κ1) is 12.1. The molecule has 3 rings (SSSR count). The fourth-order valence-electron chi connectivity index (χ4n) is 2.04. The minimum Gasteiger partial charge on any atom is -0.478 e. The largest absolute Gasteiger partial charge is 0.478 e. The Morgan fingerprint density at radius 1 is 1.25 bits per heavy atom. The number of rotatable bonds is 3. The highest BCUT2D eigenvalue weighted by molar-refractivity contribution is 6.21. The Morgan fingerprint density at radius 3 is 2.85 bits per heavy atom. The summed E-state index contributed by atoms with van der Waals surface area (Å²) in [4.78, 5) is 22.6. The van der Waals surface area contributed by atoms with E-state index < -0.39 is 5.97 Å². The first-order valence-electron chi connectivity index (χ1n) is 6.03. The molecule has 0 aliphatic rings. The second-order valence-electron chi connectivity index (χ2n) is 4.25. The average Bonchev–Trinajstić information content (AvgIpc) is 2.88. The summed E-state index contributed by atoms with van der Waals surface area (Å²) in [7, 11) is 0. The van der Waals surface area contributed by atoms with Crippen molar-refractivity contribution in [2.24, 2.45) is 0 Å². The topological polar surface area (TPSA) is 78.9 Å². The summed E-state index contributed by atoms with van der Waals surface area (Å²) in [6.45, 7) is 0. The van der Waals surface area contributed by atoms with Crippen LogP contribution < -0.4 is 0 Å². The Hall–Kier alpha value is -2.95. The Balaban J connectivity index is 2.15. The number of fused-ring (bicyclic) bond motifs is 1. The Bertz CT molecular complexity index is 791. The van der Waals surface area contributed by atoms with Crippen molar-refractivity contribution in [2.45, 2.75) is 0 Å². The second kappa shape index (κ2) is 4.97. The molecule has 0 aliphatic carbocycles. The van der Waals surface area contributed by atoms with Crippen LogP contribution in [0.1, 0.15) is 11.1 Å². The fourth-order valence-corrected chi connectivity index (χ4v) is 2.04. The van der Waals surface area contributed by atoms with Crippen LogP contribution in [0.2, 0.25) is 0 Å². The monoisotopic (exact) mass is 265 g/mol. The summed E-state index contributed by atoms with van der Waals surface area (Å²) in [5.41, 5.74) is 2.28. The zero-order valence-electron chi connectivity index (χ0n) is 10.4. The molecule has 0 aliphatic heterocycles. The van der Waals surface area contributed by atoms with Crippen molar-refractivity contribution in [3.05, 3.63) is 60.2 Å². The molecule has 0 saturated carbocycles. The summed E-state index contributed by atoms with van der Waals surface area (Å²) >= 11 is 0. The van der Waals surface area contributed by atoms with Gasteiger partial charge in [0.05, 0.1) is 5.57 Å². The molecule has 20 heavy (non-hydrogen) atoms. The lowest BCUT2D eigenvalue weighted by atomic mass is 10.0. The van der Waals surface area contributed by atoms with Gasteiger partial charge in [-0.15, -0.1) is 0 Å². The zero-order valence-corrected chi connectivity index (χ0v) is 10.4. The summed E-state index contributed by atoms with van der Waals surface area (Å²) in [5, 5.41) is 10.3. The van der Waals surface area contributed by atoms with E-state index in [9.17, 15) is 9.90 Å². The van der Waals surface area contributed by atoms with Crippen LogP contribution in [-0.2, 0) is 4.79 Å². The number of aliphatic carboxylic acids is 1. The standard InChI is InChI=1S/C15H11N3O2/c19-15(20)13(10-3-1-5-16-8-10)7-11-9-18-14-12(11)4-2-6-17-14/h1-9H,(H,17,18)(H,19,20)/b13-7-. The summed E-state index contributed by atoms with van der Waals surface area (Å²) in [6.07, 6.45) is 8.20. The lowest BCUT2D eigenvalue weighted by Crippen LogP contribution is -1.99. The van der Waals surface area contributed by atoms with Crippen LogP contribution in [0.3, 0.4) is 0 Å². The number of hydrogen-bond donors (Lipinski definition) is 2. The van der Waals surface area contributed by atoms with Crippen molar-refractivity contribution in [2.75, 3.05) is 0 Å². The SMILES string of the molecule is O=C(O)/C(=C\c1c[nH]c2ncccc12)c1cccnc1. The highest BCUT2D eigenvalue weighted by Crippen LogP contribution is 2.22. The molecule has 2 N–H and O–H groups in total. The van der Waals surface area contributed by atoms with Crippen LogP contribution in [-0.4, -0.2) is 26.0 Å². The van der Waals surface area contributed by atoms with Crippen molar-refractivity contribution in [1.29, 1.82) is 0 Å². The fraction of sp³-hybridized carbons (Fsp3) is 0. The van der Waals surface area contributed by atoms with Crippen molar-refractivity contribution < 1.29 is 9.90 Å². The lowest BCUT2D eigenvalue weighted by Gasteiger charge is -2.01. The number of aromatic amines is 1. The molecule has 98 valence electrons. The first-order chi connectivity index (χ1) is 9.75. The Kier molecular flexibility index (Phi) is 3.01. The number of carbonyl (C=O) groups is 1. The molecule has 3 aromatic rings. The van der Waals surface area contributed by atoms with E-state index in [1.54, 1.807) is 36.8 Å². The molecule has 5 heteroatoms. The minimum atomic E-state index is -0.990. The van der Waals surface area contributed by atoms with Gasteiger partial charge in [-0.2, -0.15) is 0 Å². The molecule has 3 aromatic heterocycles. The van der Waals surface area contributed by atoms with E-state index in [0.29, 0.717) is 5.56 Å². The quantitative estimate of drug-likeness (QED) is 0.713. The summed E-state index contributed by atoms with van der Waals surface area (Å²) in [5.74, 6) is -0.990. The summed E-state index contributed by atoms with van der Waals surface area (Å²) in [6, 6.07) is 7.15.